The molecule has 2 aromatic heterocycles. The minimum atomic E-state index is -0.0435. The molecule has 4 rings (SSSR count). The van der Waals surface area contributed by atoms with E-state index in [0.717, 1.165) is 22.0 Å². The molecule has 7 nitrogen and oxygen atoms in total. The minimum Gasteiger partial charge on any atom is -0.493 e. The van der Waals surface area contributed by atoms with Gasteiger partial charge in [0.15, 0.2) is 22.3 Å². The third-order valence-electron chi connectivity index (χ3n) is 4.79. The number of ether oxygens (including phenoxy) is 2. The zero-order valence-corrected chi connectivity index (χ0v) is 17.6. The lowest BCUT2D eigenvalue weighted by molar-refractivity contribution is -0.118. The summed E-state index contributed by atoms with van der Waals surface area (Å²) in [6.45, 7) is 0.542. The highest BCUT2D eigenvalue weighted by molar-refractivity contribution is 7.99. The van der Waals surface area contributed by atoms with Crippen LogP contribution >= 0.6 is 11.8 Å². The Morgan fingerprint density at radius 3 is 2.73 bits per heavy atom. The standard InChI is InChI=1S/C22H22N4O3S/c1-28-18-8-7-15(13-19(18)29-2)9-11-23-20(27)14-30-22-25-24-21-17-6-4-3-5-16(17)10-12-26(21)22/h3-8,10,12-13H,9,11,14H2,1-2H3,(H,23,27). The summed E-state index contributed by atoms with van der Waals surface area (Å²) in [6.07, 6.45) is 2.64. The summed E-state index contributed by atoms with van der Waals surface area (Å²) in [5.74, 6) is 1.61. The molecule has 0 saturated heterocycles. The van der Waals surface area contributed by atoms with Crippen molar-refractivity contribution in [1.29, 1.82) is 0 Å². The van der Waals surface area contributed by atoms with Gasteiger partial charge in [0.2, 0.25) is 5.91 Å². The van der Waals surface area contributed by atoms with E-state index in [0.29, 0.717) is 29.6 Å². The molecule has 0 fully saturated rings. The van der Waals surface area contributed by atoms with E-state index in [1.165, 1.54) is 11.8 Å². The molecule has 4 aromatic rings. The third kappa shape index (κ3) is 4.18. The highest BCUT2D eigenvalue weighted by Crippen LogP contribution is 2.27. The maximum Gasteiger partial charge on any atom is 0.230 e. The van der Waals surface area contributed by atoms with E-state index in [1.807, 2.05) is 59.1 Å². The van der Waals surface area contributed by atoms with E-state index in [4.69, 9.17) is 9.47 Å². The first-order valence-corrected chi connectivity index (χ1v) is 10.5. The average molecular weight is 423 g/mol. The fourth-order valence-corrected chi connectivity index (χ4v) is 4.01. The first-order valence-electron chi connectivity index (χ1n) is 9.52. The Kier molecular flexibility index (Phi) is 6.04. The maximum absolute atomic E-state index is 12.3. The van der Waals surface area contributed by atoms with Crippen molar-refractivity contribution in [3.8, 4) is 11.5 Å². The Hall–Kier alpha value is -3.26. The van der Waals surface area contributed by atoms with Gasteiger partial charge in [-0.1, -0.05) is 42.1 Å². The largest absolute Gasteiger partial charge is 0.493 e. The second-order valence-electron chi connectivity index (χ2n) is 6.66. The van der Waals surface area contributed by atoms with Crippen LogP contribution in [0.4, 0.5) is 0 Å². The number of benzene rings is 2. The summed E-state index contributed by atoms with van der Waals surface area (Å²) in [4.78, 5) is 12.3. The smallest absolute Gasteiger partial charge is 0.230 e. The molecule has 0 radical (unpaired) electrons. The number of methoxy groups -OCH3 is 2. The molecule has 0 atom stereocenters. The van der Waals surface area contributed by atoms with Crippen LogP contribution in [0.15, 0.2) is 59.9 Å². The van der Waals surface area contributed by atoms with Crippen LogP contribution in [0, 0.1) is 0 Å². The second-order valence-corrected chi connectivity index (χ2v) is 7.60. The first-order chi connectivity index (χ1) is 14.7. The van der Waals surface area contributed by atoms with E-state index in [2.05, 4.69) is 15.5 Å². The molecule has 2 heterocycles. The molecule has 0 spiro atoms. The van der Waals surface area contributed by atoms with Crippen LogP contribution < -0.4 is 14.8 Å². The number of fused-ring (bicyclic) bond motifs is 3. The molecule has 0 aliphatic carbocycles. The van der Waals surface area contributed by atoms with Crippen molar-refractivity contribution in [2.24, 2.45) is 0 Å². The average Bonchev–Trinajstić information content (AvgIpc) is 3.21. The van der Waals surface area contributed by atoms with Crippen LogP contribution in [0.3, 0.4) is 0 Å². The topological polar surface area (TPSA) is 77.8 Å². The van der Waals surface area contributed by atoms with Crippen LogP contribution in [0.5, 0.6) is 11.5 Å². The fraction of sp³-hybridized carbons (Fsp3) is 0.227. The summed E-state index contributed by atoms with van der Waals surface area (Å²) in [7, 11) is 3.22. The van der Waals surface area contributed by atoms with Gasteiger partial charge < -0.3 is 14.8 Å². The number of carbonyl (C=O) groups excluding carboxylic acids is 1. The van der Waals surface area contributed by atoms with Crippen molar-refractivity contribution < 1.29 is 14.3 Å². The Morgan fingerprint density at radius 1 is 1.07 bits per heavy atom. The van der Waals surface area contributed by atoms with Crippen molar-refractivity contribution in [1.82, 2.24) is 19.9 Å². The highest BCUT2D eigenvalue weighted by Gasteiger charge is 2.11. The zero-order valence-electron chi connectivity index (χ0n) is 16.8. The van der Waals surface area contributed by atoms with Gasteiger partial charge in [0.05, 0.1) is 20.0 Å². The van der Waals surface area contributed by atoms with Crippen molar-refractivity contribution in [2.45, 2.75) is 11.6 Å². The number of rotatable bonds is 8. The molecule has 1 N–H and O–H groups in total. The van der Waals surface area contributed by atoms with Gasteiger partial charge in [0.1, 0.15) is 0 Å². The molecular formula is C22H22N4O3S. The van der Waals surface area contributed by atoms with Crippen LogP contribution in [0.25, 0.3) is 16.4 Å². The Balaban J connectivity index is 1.33. The van der Waals surface area contributed by atoms with Crippen LogP contribution in [-0.4, -0.2) is 47.0 Å². The lowest BCUT2D eigenvalue weighted by Crippen LogP contribution is -2.27. The molecule has 1 amide bonds. The quantitative estimate of drug-likeness (QED) is 0.439. The summed E-state index contributed by atoms with van der Waals surface area (Å²) >= 11 is 1.37. The van der Waals surface area contributed by atoms with Crippen LogP contribution in [0.1, 0.15) is 5.56 Å². The van der Waals surface area contributed by atoms with Crippen molar-refractivity contribution in [3.05, 3.63) is 60.3 Å². The summed E-state index contributed by atoms with van der Waals surface area (Å²) < 4.78 is 12.5. The number of thioether (sulfide) groups is 1. The van der Waals surface area contributed by atoms with Crippen molar-refractivity contribution in [3.63, 3.8) is 0 Å². The summed E-state index contributed by atoms with van der Waals surface area (Å²) in [5.41, 5.74) is 1.86. The lowest BCUT2D eigenvalue weighted by Gasteiger charge is -2.10. The van der Waals surface area contributed by atoms with E-state index in [-0.39, 0.29) is 11.7 Å². The van der Waals surface area contributed by atoms with Gasteiger partial charge in [-0.25, -0.2) is 0 Å². The number of pyridine rings is 1. The number of carbonyl (C=O) groups is 1. The number of hydrogen-bond acceptors (Lipinski definition) is 6. The number of nitrogens with one attached hydrogen (secondary N) is 1. The highest BCUT2D eigenvalue weighted by atomic mass is 32.2. The monoisotopic (exact) mass is 422 g/mol. The fourth-order valence-electron chi connectivity index (χ4n) is 3.26. The normalized spacial score (nSPS) is 11.0. The molecule has 0 bridgehead atoms. The Labute approximate surface area is 178 Å². The molecule has 0 aliphatic heterocycles. The molecule has 8 heteroatoms. The second kappa shape index (κ2) is 9.04. The molecule has 154 valence electrons. The Bertz CT molecular complexity index is 1190. The maximum atomic E-state index is 12.3. The number of aromatic nitrogens is 3. The molecule has 30 heavy (non-hydrogen) atoms. The van der Waals surface area contributed by atoms with E-state index in [1.54, 1.807) is 14.2 Å². The SMILES string of the molecule is COc1ccc(CCNC(=O)CSc2nnc3c4ccccc4ccn23)cc1OC. The first kappa shape index (κ1) is 20.0. The van der Waals surface area contributed by atoms with Gasteiger partial charge in [-0.2, -0.15) is 0 Å². The van der Waals surface area contributed by atoms with Crippen molar-refractivity contribution in [2.75, 3.05) is 26.5 Å². The molecule has 0 saturated carbocycles. The van der Waals surface area contributed by atoms with Gasteiger partial charge in [-0.3, -0.25) is 9.20 Å². The minimum absolute atomic E-state index is 0.0435. The van der Waals surface area contributed by atoms with Crippen molar-refractivity contribution >= 4 is 34.1 Å². The molecule has 2 aromatic carbocycles. The third-order valence-corrected chi connectivity index (χ3v) is 5.73. The van der Waals surface area contributed by atoms with Crippen LogP contribution in [-0.2, 0) is 11.2 Å². The van der Waals surface area contributed by atoms with E-state index < -0.39 is 0 Å². The summed E-state index contributed by atoms with van der Waals surface area (Å²) in [6, 6.07) is 15.8. The summed E-state index contributed by atoms with van der Waals surface area (Å²) in [5, 5.41) is 14.3. The molecular weight excluding hydrogens is 400 g/mol. The predicted molar refractivity (Wildman–Crippen MR) is 117 cm³/mol. The van der Waals surface area contributed by atoms with Gasteiger partial charge in [-0.05, 0) is 35.6 Å². The van der Waals surface area contributed by atoms with Gasteiger partial charge in [0, 0.05) is 18.1 Å². The number of hydrogen-bond donors (Lipinski definition) is 1. The van der Waals surface area contributed by atoms with Gasteiger partial charge in [0.25, 0.3) is 0 Å². The van der Waals surface area contributed by atoms with E-state index >= 15 is 0 Å². The molecule has 0 aliphatic rings. The number of amides is 1. The number of nitrogens with zero attached hydrogens (tertiary/aromatic N) is 3. The molecule has 0 unspecified atom stereocenters. The van der Waals surface area contributed by atoms with Gasteiger partial charge >= 0.3 is 0 Å². The van der Waals surface area contributed by atoms with E-state index in [9.17, 15) is 4.79 Å². The predicted octanol–water partition coefficient (Wildman–Crippen LogP) is 3.35. The van der Waals surface area contributed by atoms with Crippen LogP contribution in [0.2, 0.25) is 0 Å². The van der Waals surface area contributed by atoms with Gasteiger partial charge in [-0.15, -0.1) is 10.2 Å². The zero-order chi connectivity index (χ0) is 20.9. The lowest BCUT2D eigenvalue weighted by atomic mass is 10.1. The Morgan fingerprint density at radius 2 is 1.90 bits per heavy atom.